The van der Waals surface area contributed by atoms with Crippen molar-refractivity contribution < 1.29 is 14.3 Å². The molecule has 0 radical (unpaired) electrons. The molecule has 0 spiro atoms. The van der Waals surface area contributed by atoms with E-state index in [0.717, 1.165) is 29.7 Å². The van der Waals surface area contributed by atoms with Crippen LogP contribution in [-0.4, -0.2) is 19.1 Å². The highest BCUT2D eigenvalue weighted by Crippen LogP contribution is 2.29. The summed E-state index contributed by atoms with van der Waals surface area (Å²) < 4.78 is 11.4. The van der Waals surface area contributed by atoms with Gasteiger partial charge in [-0.15, -0.1) is 0 Å². The van der Waals surface area contributed by atoms with Crippen molar-refractivity contribution in [2.75, 3.05) is 18.5 Å². The van der Waals surface area contributed by atoms with Gasteiger partial charge in [-0.25, -0.2) is 0 Å². The number of anilines is 1. The number of halogens is 1. The van der Waals surface area contributed by atoms with Gasteiger partial charge in [0.15, 0.2) is 11.5 Å². The molecule has 4 nitrogen and oxygen atoms in total. The molecule has 0 aliphatic rings. The second kappa shape index (κ2) is 10.6. The predicted molar refractivity (Wildman–Crippen MR) is 112 cm³/mol. The quantitative estimate of drug-likeness (QED) is 0.431. The SMILES string of the molecule is CCCCOc1ccc(/C=C/C(=O)Nc2cc(Cl)ccc2C)cc1OCC. The summed E-state index contributed by atoms with van der Waals surface area (Å²) in [7, 11) is 0. The topological polar surface area (TPSA) is 47.6 Å². The Bertz CT molecular complexity index is 802. The maximum Gasteiger partial charge on any atom is 0.248 e. The lowest BCUT2D eigenvalue weighted by Gasteiger charge is -2.12. The second-order valence-electron chi connectivity index (χ2n) is 6.12. The lowest BCUT2D eigenvalue weighted by Crippen LogP contribution is -2.08. The van der Waals surface area contributed by atoms with Crippen LogP contribution in [0.3, 0.4) is 0 Å². The van der Waals surface area contributed by atoms with E-state index in [2.05, 4.69) is 12.2 Å². The van der Waals surface area contributed by atoms with Crippen LogP contribution in [0.2, 0.25) is 5.02 Å². The highest BCUT2D eigenvalue weighted by Gasteiger charge is 2.06. The van der Waals surface area contributed by atoms with E-state index in [1.54, 1.807) is 18.2 Å². The van der Waals surface area contributed by atoms with Gasteiger partial charge in [-0.1, -0.05) is 37.1 Å². The van der Waals surface area contributed by atoms with Crippen LogP contribution in [0.25, 0.3) is 6.08 Å². The van der Waals surface area contributed by atoms with E-state index in [1.807, 2.05) is 38.1 Å². The van der Waals surface area contributed by atoms with Gasteiger partial charge in [0.25, 0.3) is 0 Å². The molecule has 0 atom stereocenters. The average molecular weight is 388 g/mol. The summed E-state index contributed by atoms with van der Waals surface area (Å²) in [6.07, 6.45) is 5.30. The number of carbonyl (C=O) groups excluding carboxylic acids is 1. The van der Waals surface area contributed by atoms with Crippen LogP contribution in [0.4, 0.5) is 5.69 Å². The molecule has 2 aromatic carbocycles. The van der Waals surface area contributed by atoms with Gasteiger partial charge in [0.05, 0.1) is 13.2 Å². The molecule has 0 bridgehead atoms. The molecule has 144 valence electrons. The fourth-order valence-corrected chi connectivity index (χ4v) is 2.59. The first-order valence-electron chi connectivity index (χ1n) is 9.18. The highest BCUT2D eigenvalue weighted by molar-refractivity contribution is 6.31. The Morgan fingerprint density at radius 2 is 1.93 bits per heavy atom. The van der Waals surface area contributed by atoms with Gasteiger partial charge in [-0.3, -0.25) is 4.79 Å². The summed E-state index contributed by atoms with van der Waals surface area (Å²) in [5.74, 6) is 1.19. The molecule has 0 saturated heterocycles. The van der Waals surface area contributed by atoms with E-state index >= 15 is 0 Å². The Morgan fingerprint density at radius 1 is 1.11 bits per heavy atom. The molecule has 0 heterocycles. The van der Waals surface area contributed by atoms with Crippen molar-refractivity contribution in [1.29, 1.82) is 0 Å². The first-order chi connectivity index (χ1) is 13.0. The van der Waals surface area contributed by atoms with Gasteiger partial charge >= 0.3 is 0 Å². The van der Waals surface area contributed by atoms with E-state index in [1.165, 1.54) is 6.08 Å². The van der Waals surface area contributed by atoms with E-state index in [-0.39, 0.29) is 5.91 Å². The Morgan fingerprint density at radius 3 is 2.67 bits per heavy atom. The molecule has 2 rings (SSSR count). The summed E-state index contributed by atoms with van der Waals surface area (Å²) in [5, 5.41) is 3.42. The normalized spacial score (nSPS) is 10.8. The van der Waals surface area contributed by atoms with E-state index in [9.17, 15) is 4.79 Å². The van der Waals surface area contributed by atoms with Crippen molar-refractivity contribution in [2.45, 2.75) is 33.6 Å². The Kier molecular flexibility index (Phi) is 8.21. The Hall–Kier alpha value is -2.46. The van der Waals surface area contributed by atoms with Crippen molar-refractivity contribution >= 4 is 29.3 Å². The van der Waals surface area contributed by atoms with Gasteiger partial charge in [0.2, 0.25) is 5.91 Å². The van der Waals surface area contributed by atoms with Crippen LogP contribution >= 0.6 is 11.6 Å². The van der Waals surface area contributed by atoms with Crippen LogP contribution in [0.5, 0.6) is 11.5 Å². The van der Waals surface area contributed by atoms with Crippen molar-refractivity contribution in [3.63, 3.8) is 0 Å². The lowest BCUT2D eigenvalue weighted by atomic mass is 10.1. The molecule has 1 N–H and O–H groups in total. The van der Waals surface area contributed by atoms with Gasteiger partial charge in [0, 0.05) is 16.8 Å². The van der Waals surface area contributed by atoms with Gasteiger partial charge in [-0.05, 0) is 61.7 Å². The van der Waals surface area contributed by atoms with E-state index in [4.69, 9.17) is 21.1 Å². The zero-order chi connectivity index (χ0) is 19.6. The average Bonchev–Trinajstić information content (AvgIpc) is 2.65. The molecular formula is C22H26ClNO3. The molecule has 0 saturated carbocycles. The molecular weight excluding hydrogens is 362 g/mol. The third-order valence-electron chi connectivity index (χ3n) is 3.91. The van der Waals surface area contributed by atoms with Gasteiger partial charge in [0.1, 0.15) is 0 Å². The maximum absolute atomic E-state index is 12.2. The predicted octanol–water partition coefficient (Wildman–Crippen LogP) is 5.88. The first-order valence-corrected chi connectivity index (χ1v) is 9.56. The van der Waals surface area contributed by atoms with Crippen molar-refractivity contribution in [2.24, 2.45) is 0 Å². The molecule has 2 aromatic rings. The number of hydrogen-bond acceptors (Lipinski definition) is 3. The number of aryl methyl sites for hydroxylation is 1. The first kappa shape index (κ1) is 20.8. The third kappa shape index (κ3) is 6.65. The van der Waals surface area contributed by atoms with Crippen molar-refractivity contribution in [3.05, 3.63) is 58.6 Å². The monoisotopic (exact) mass is 387 g/mol. The number of nitrogens with one attached hydrogen (secondary N) is 1. The van der Waals surface area contributed by atoms with Crippen molar-refractivity contribution in [3.8, 4) is 11.5 Å². The Labute approximate surface area is 166 Å². The summed E-state index contributed by atoms with van der Waals surface area (Å²) in [6, 6.07) is 11.0. The molecule has 1 amide bonds. The summed E-state index contributed by atoms with van der Waals surface area (Å²) in [4.78, 5) is 12.2. The van der Waals surface area contributed by atoms with Crippen LogP contribution in [0.15, 0.2) is 42.5 Å². The minimum atomic E-state index is -0.221. The fourth-order valence-electron chi connectivity index (χ4n) is 2.42. The lowest BCUT2D eigenvalue weighted by molar-refractivity contribution is -0.111. The molecule has 0 unspecified atom stereocenters. The van der Waals surface area contributed by atoms with Crippen LogP contribution in [0.1, 0.15) is 37.8 Å². The molecule has 0 fully saturated rings. The molecule has 27 heavy (non-hydrogen) atoms. The zero-order valence-electron chi connectivity index (χ0n) is 16.0. The second-order valence-corrected chi connectivity index (χ2v) is 6.56. The standard InChI is InChI=1S/C22H26ClNO3/c1-4-6-13-27-20-11-8-17(14-21(20)26-5-2)9-12-22(25)24-19-15-18(23)10-7-16(19)3/h7-12,14-15H,4-6,13H2,1-3H3,(H,24,25)/b12-9+. The number of carbonyl (C=O) groups is 1. The number of benzene rings is 2. The van der Waals surface area contributed by atoms with Crippen molar-refractivity contribution in [1.82, 2.24) is 0 Å². The number of rotatable bonds is 9. The number of amides is 1. The smallest absolute Gasteiger partial charge is 0.248 e. The van der Waals surface area contributed by atoms with Crippen LogP contribution in [-0.2, 0) is 4.79 Å². The molecule has 0 aliphatic carbocycles. The minimum Gasteiger partial charge on any atom is -0.490 e. The number of hydrogen-bond donors (Lipinski definition) is 1. The van der Waals surface area contributed by atoms with Gasteiger partial charge in [-0.2, -0.15) is 0 Å². The van der Waals surface area contributed by atoms with E-state index < -0.39 is 0 Å². The van der Waals surface area contributed by atoms with Crippen LogP contribution < -0.4 is 14.8 Å². The summed E-state index contributed by atoms with van der Waals surface area (Å²) in [5.41, 5.74) is 2.51. The molecule has 0 aromatic heterocycles. The maximum atomic E-state index is 12.2. The minimum absolute atomic E-state index is 0.221. The fraction of sp³-hybridized carbons (Fsp3) is 0.318. The van der Waals surface area contributed by atoms with Gasteiger partial charge < -0.3 is 14.8 Å². The largest absolute Gasteiger partial charge is 0.490 e. The highest BCUT2D eigenvalue weighted by atomic mass is 35.5. The number of ether oxygens (including phenoxy) is 2. The zero-order valence-corrected chi connectivity index (χ0v) is 16.8. The molecule has 5 heteroatoms. The number of unbranched alkanes of at least 4 members (excludes halogenated alkanes) is 1. The summed E-state index contributed by atoms with van der Waals surface area (Å²) in [6.45, 7) is 7.18. The third-order valence-corrected chi connectivity index (χ3v) is 4.14. The van der Waals surface area contributed by atoms with E-state index in [0.29, 0.717) is 29.7 Å². The molecule has 0 aliphatic heterocycles. The summed E-state index contributed by atoms with van der Waals surface area (Å²) >= 11 is 5.99. The van der Waals surface area contributed by atoms with Crippen LogP contribution in [0, 0.1) is 6.92 Å². The Balaban J connectivity index is 2.07.